The van der Waals surface area contributed by atoms with Crippen molar-refractivity contribution in [3.63, 3.8) is 0 Å². The lowest BCUT2D eigenvalue weighted by Crippen LogP contribution is -2.14. The average Bonchev–Trinajstić information content (AvgIpc) is 2.80. The summed E-state index contributed by atoms with van der Waals surface area (Å²) >= 11 is 6.59. The van der Waals surface area contributed by atoms with Crippen LogP contribution >= 0.6 is 22.9 Å². The van der Waals surface area contributed by atoms with Gasteiger partial charge in [-0.05, 0) is 18.2 Å². The molecule has 8 heteroatoms. The Kier molecular flexibility index (Phi) is 3.68. The predicted molar refractivity (Wildman–Crippen MR) is 70.1 cm³/mol. The summed E-state index contributed by atoms with van der Waals surface area (Å²) in [7, 11) is 0. The van der Waals surface area contributed by atoms with E-state index in [0.717, 1.165) is 11.3 Å². The van der Waals surface area contributed by atoms with Crippen molar-refractivity contribution >= 4 is 40.6 Å². The standard InChI is InChI=1S/C11H7ClN2O4S/c12-6-3-5(1-2-7(6)15)10(16)14-9-8(11(17)18)19-4-13-9/h1-4,15H,(H,14,16)(H,17,18). The molecule has 98 valence electrons. The lowest BCUT2D eigenvalue weighted by atomic mass is 10.2. The van der Waals surface area contributed by atoms with E-state index in [1.54, 1.807) is 0 Å². The van der Waals surface area contributed by atoms with Crippen LogP contribution in [0.5, 0.6) is 5.75 Å². The van der Waals surface area contributed by atoms with Crippen LogP contribution < -0.4 is 5.32 Å². The molecule has 0 radical (unpaired) electrons. The molecule has 0 saturated heterocycles. The van der Waals surface area contributed by atoms with Crippen molar-refractivity contribution in [2.24, 2.45) is 0 Å². The van der Waals surface area contributed by atoms with Gasteiger partial charge >= 0.3 is 5.97 Å². The van der Waals surface area contributed by atoms with Gasteiger partial charge in [-0.3, -0.25) is 4.79 Å². The summed E-state index contributed by atoms with van der Waals surface area (Å²) in [6.45, 7) is 0. The maximum absolute atomic E-state index is 11.9. The van der Waals surface area contributed by atoms with Crippen LogP contribution in [0.1, 0.15) is 20.0 Å². The number of carboxylic acid groups (broad SMARTS) is 1. The number of halogens is 1. The summed E-state index contributed by atoms with van der Waals surface area (Å²) < 4.78 is 0. The minimum atomic E-state index is -1.17. The Morgan fingerprint density at radius 3 is 2.74 bits per heavy atom. The fourth-order valence-electron chi connectivity index (χ4n) is 1.31. The Balaban J connectivity index is 2.23. The second-order valence-electron chi connectivity index (χ2n) is 3.46. The first-order valence-corrected chi connectivity index (χ1v) is 6.21. The third-order valence-corrected chi connectivity index (χ3v) is 3.32. The maximum Gasteiger partial charge on any atom is 0.349 e. The highest BCUT2D eigenvalue weighted by atomic mass is 35.5. The first-order valence-electron chi connectivity index (χ1n) is 4.95. The molecule has 1 amide bonds. The summed E-state index contributed by atoms with van der Waals surface area (Å²) in [6.07, 6.45) is 0. The highest BCUT2D eigenvalue weighted by molar-refractivity contribution is 7.12. The molecule has 0 bridgehead atoms. The number of rotatable bonds is 3. The van der Waals surface area contributed by atoms with Crippen LogP contribution in [0.3, 0.4) is 0 Å². The van der Waals surface area contributed by atoms with Crippen molar-refractivity contribution in [2.75, 3.05) is 5.32 Å². The number of amides is 1. The number of thiazole rings is 1. The quantitative estimate of drug-likeness (QED) is 0.808. The SMILES string of the molecule is O=C(Nc1ncsc1C(=O)O)c1ccc(O)c(Cl)c1. The second kappa shape index (κ2) is 5.25. The zero-order valence-electron chi connectivity index (χ0n) is 9.25. The molecule has 1 heterocycles. The molecular weight excluding hydrogens is 292 g/mol. The van der Waals surface area contributed by atoms with Crippen LogP contribution in [0.25, 0.3) is 0 Å². The fraction of sp³-hybridized carbons (Fsp3) is 0. The minimum absolute atomic E-state index is 0.0216. The van der Waals surface area contributed by atoms with E-state index in [2.05, 4.69) is 10.3 Å². The van der Waals surface area contributed by atoms with E-state index < -0.39 is 11.9 Å². The third-order valence-electron chi connectivity index (χ3n) is 2.20. The van der Waals surface area contributed by atoms with E-state index in [1.807, 2.05) is 0 Å². The van der Waals surface area contributed by atoms with E-state index in [1.165, 1.54) is 23.7 Å². The molecule has 0 saturated carbocycles. The molecule has 3 N–H and O–H groups in total. The van der Waals surface area contributed by atoms with Crippen LogP contribution in [0.15, 0.2) is 23.7 Å². The summed E-state index contributed by atoms with van der Waals surface area (Å²) in [4.78, 5) is 26.4. The van der Waals surface area contributed by atoms with Gasteiger partial charge in [-0.25, -0.2) is 9.78 Å². The number of carboxylic acids is 1. The summed E-state index contributed by atoms with van der Waals surface area (Å²) in [6, 6.07) is 3.92. The largest absolute Gasteiger partial charge is 0.506 e. The normalized spacial score (nSPS) is 10.2. The van der Waals surface area contributed by atoms with Gasteiger partial charge in [0.2, 0.25) is 0 Å². The molecule has 0 unspecified atom stereocenters. The van der Waals surface area contributed by atoms with Gasteiger partial charge in [0.1, 0.15) is 5.75 Å². The number of benzene rings is 1. The number of carbonyl (C=O) groups excluding carboxylic acids is 1. The topological polar surface area (TPSA) is 99.5 Å². The third kappa shape index (κ3) is 2.83. The number of aromatic carboxylic acids is 1. The van der Waals surface area contributed by atoms with Crippen molar-refractivity contribution < 1.29 is 19.8 Å². The van der Waals surface area contributed by atoms with Gasteiger partial charge < -0.3 is 15.5 Å². The Bertz CT molecular complexity index is 656. The first kappa shape index (κ1) is 13.3. The van der Waals surface area contributed by atoms with Crippen molar-refractivity contribution in [1.82, 2.24) is 4.98 Å². The molecule has 0 aliphatic heterocycles. The smallest absolute Gasteiger partial charge is 0.349 e. The number of nitrogens with one attached hydrogen (secondary N) is 1. The molecule has 0 aliphatic carbocycles. The van der Waals surface area contributed by atoms with Crippen LogP contribution in [-0.4, -0.2) is 27.1 Å². The number of carbonyl (C=O) groups is 2. The summed E-state index contributed by atoms with van der Waals surface area (Å²) in [5.41, 5.74) is 1.51. The van der Waals surface area contributed by atoms with Crippen molar-refractivity contribution in [2.45, 2.75) is 0 Å². The predicted octanol–water partition coefficient (Wildman–Crippen LogP) is 2.45. The van der Waals surface area contributed by atoms with Gasteiger partial charge in [0.05, 0.1) is 10.5 Å². The molecule has 1 aromatic carbocycles. The summed E-state index contributed by atoms with van der Waals surface area (Å²) in [5.74, 6) is -1.89. The highest BCUT2D eigenvalue weighted by Gasteiger charge is 2.17. The van der Waals surface area contributed by atoms with E-state index >= 15 is 0 Å². The molecular formula is C11H7ClN2O4S. The van der Waals surface area contributed by atoms with Gasteiger partial charge in [0.25, 0.3) is 5.91 Å². The van der Waals surface area contributed by atoms with E-state index in [4.69, 9.17) is 16.7 Å². The Labute approximate surface area is 116 Å². The number of nitrogens with zero attached hydrogens (tertiary/aromatic N) is 1. The summed E-state index contributed by atoms with van der Waals surface area (Å²) in [5, 5.41) is 20.5. The molecule has 2 aromatic rings. The highest BCUT2D eigenvalue weighted by Crippen LogP contribution is 2.25. The van der Waals surface area contributed by atoms with Gasteiger partial charge in [-0.15, -0.1) is 11.3 Å². The number of aromatic nitrogens is 1. The van der Waals surface area contributed by atoms with Crippen LogP contribution in [0.2, 0.25) is 5.02 Å². The monoisotopic (exact) mass is 298 g/mol. The molecule has 0 spiro atoms. The van der Waals surface area contributed by atoms with Gasteiger partial charge in [0.15, 0.2) is 10.7 Å². The number of hydrogen-bond donors (Lipinski definition) is 3. The Morgan fingerprint density at radius 1 is 1.37 bits per heavy atom. The van der Waals surface area contributed by atoms with Crippen LogP contribution in [0, 0.1) is 0 Å². The molecule has 1 aromatic heterocycles. The number of aromatic hydroxyl groups is 1. The molecule has 19 heavy (non-hydrogen) atoms. The Hall–Kier alpha value is -2.12. The Morgan fingerprint density at radius 2 is 2.11 bits per heavy atom. The van der Waals surface area contributed by atoms with Crippen LogP contribution in [0.4, 0.5) is 5.82 Å². The van der Waals surface area contributed by atoms with E-state index in [-0.39, 0.29) is 27.0 Å². The molecule has 2 rings (SSSR count). The number of anilines is 1. The number of hydrogen-bond acceptors (Lipinski definition) is 5. The average molecular weight is 299 g/mol. The molecule has 6 nitrogen and oxygen atoms in total. The van der Waals surface area contributed by atoms with Crippen molar-refractivity contribution in [3.05, 3.63) is 39.2 Å². The number of phenolic OH excluding ortho intramolecular Hbond substituents is 1. The molecule has 0 atom stereocenters. The fourth-order valence-corrected chi connectivity index (χ4v) is 2.08. The first-order chi connectivity index (χ1) is 8.99. The zero-order valence-corrected chi connectivity index (χ0v) is 10.8. The lowest BCUT2D eigenvalue weighted by molar-refractivity contribution is 0.0703. The zero-order chi connectivity index (χ0) is 14.0. The second-order valence-corrected chi connectivity index (χ2v) is 4.72. The van der Waals surface area contributed by atoms with Crippen molar-refractivity contribution in [1.29, 1.82) is 0 Å². The van der Waals surface area contributed by atoms with Crippen molar-refractivity contribution in [3.8, 4) is 5.75 Å². The maximum atomic E-state index is 11.9. The number of phenols is 1. The van der Waals surface area contributed by atoms with E-state index in [0.29, 0.717) is 0 Å². The minimum Gasteiger partial charge on any atom is -0.506 e. The molecule has 0 fully saturated rings. The van der Waals surface area contributed by atoms with Gasteiger partial charge in [0, 0.05) is 5.56 Å². The van der Waals surface area contributed by atoms with Gasteiger partial charge in [-0.2, -0.15) is 0 Å². The lowest BCUT2D eigenvalue weighted by Gasteiger charge is -2.04. The van der Waals surface area contributed by atoms with Gasteiger partial charge in [-0.1, -0.05) is 11.6 Å². The molecule has 0 aliphatic rings. The van der Waals surface area contributed by atoms with E-state index in [9.17, 15) is 14.7 Å². The van der Waals surface area contributed by atoms with Crippen LogP contribution in [-0.2, 0) is 0 Å².